The summed E-state index contributed by atoms with van der Waals surface area (Å²) in [6.07, 6.45) is 4.33. The number of aliphatic imine (C=N–C) groups is 1. The van der Waals surface area contributed by atoms with Crippen LogP contribution in [0.2, 0.25) is 0 Å². The van der Waals surface area contributed by atoms with E-state index in [1.807, 2.05) is 49.5 Å². The first-order valence-corrected chi connectivity index (χ1v) is 9.50. The minimum atomic E-state index is 0.203. The summed E-state index contributed by atoms with van der Waals surface area (Å²) in [7, 11) is 5.85. The van der Waals surface area contributed by atoms with Crippen LogP contribution in [0.25, 0.3) is 0 Å². The van der Waals surface area contributed by atoms with E-state index in [9.17, 15) is 4.79 Å². The number of amides is 1. The lowest BCUT2D eigenvalue weighted by Crippen LogP contribution is -2.39. The highest BCUT2D eigenvalue weighted by molar-refractivity contribution is 5.95. The predicted octanol–water partition coefficient (Wildman–Crippen LogP) is 2.40. The number of carbonyl (C=O) groups excluding carboxylic acids is 1. The van der Waals surface area contributed by atoms with Gasteiger partial charge in [-0.2, -0.15) is 0 Å². The Hall–Kier alpha value is -2.76. The van der Waals surface area contributed by atoms with Crippen molar-refractivity contribution in [3.8, 4) is 0 Å². The van der Waals surface area contributed by atoms with E-state index in [0.29, 0.717) is 6.42 Å². The molecule has 6 heteroatoms. The minimum absolute atomic E-state index is 0.203. The van der Waals surface area contributed by atoms with E-state index < -0.39 is 0 Å². The summed E-state index contributed by atoms with van der Waals surface area (Å²) in [5.74, 6) is 1.05. The number of nitrogens with zero attached hydrogens (tertiary/aromatic N) is 4. The van der Waals surface area contributed by atoms with Crippen molar-refractivity contribution >= 4 is 17.6 Å². The number of guanidine groups is 1. The maximum atomic E-state index is 12.6. The second-order valence-corrected chi connectivity index (χ2v) is 6.97. The maximum Gasteiger partial charge on any atom is 0.227 e. The Morgan fingerprint density at radius 3 is 2.81 bits per heavy atom. The molecule has 27 heavy (non-hydrogen) atoms. The molecule has 6 nitrogen and oxygen atoms in total. The number of nitrogens with one attached hydrogen (secondary N) is 1. The van der Waals surface area contributed by atoms with E-state index >= 15 is 0 Å². The summed E-state index contributed by atoms with van der Waals surface area (Å²) >= 11 is 0. The molecular weight excluding hydrogens is 338 g/mol. The predicted molar refractivity (Wildman–Crippen MR) is 110 cm³/mol. The van der Waals surface area contributed by atoms with Crippen LogP contribution < -0.4 is 10.2 Å². The van der Waals surface area contributed by atoms with E-state index in [0.717, 1.165) is 44.1 Å². The van der Waals surface area contributed by atoms with Crippen molar-refractivity contribution in [2.24, 2.45) is 12.0 Å². The Morgan fingerprint density at radius 1 is 1.26 bits per heavy atom. The molecule has 1 aliphatic heterocycles. The van der Waals surface area contributed by atoms with Crippen molar-refractivity contribution in [1.82, 2.24) is 14.8 Å². The topological polar surface area (TPSA) is 52.9 Å². The Labute approximate surface area is 161 Å². The first kappa shape index (κ1) is 19.0. The first-order chi connectivity index (χ1) is 13.1. The van der Waals surface area contributed by atoms with E-state index in [2.05, 4.69) is 31.9 Å². The summed E-state index contributed by atoms with van der Waals surface area (Å²) in [6.45, 7) is 2.31. The Morgan fingerprint density at radius 2 is 2.07 bits per heavy atom. The SMILES string of the molecule is CN=C(NCCCC(=O)N1CCc2ccccc21)N(C)Cc1cccn1C. The van der Waals surface area contributed by atoms with E-state index in [1.165, 1.54) is 11.3 Å². The van der Waals surface area contributed by atoms with Crippen LogP contribution >= 0.6 is 0 Å². The third-order valence-electron chi connectivity index (χ3n) is 5.06. The van der Waals surface area contributed by atoms with Crippen molar-refractivity contribution in [2.45, 2.75) is 25.8 Å². The van der Waals surface area contributed by atoms with Gasteiger partial charge in [0, 0.05) is 58.2 Å². The van der Waals surface area contributed by atoms with E-state index in [1.54, 1.807) is 7.05 Å². The molecule has 0 atom stereocenters. The average Bonchev–Trinajstić information content (AvgIpc) is 3.28. The summed E-state index contributed by atoms with van der Waals surface area (Å²) < 4.78 is 2.11. The lowest BCUT2D eigenvalue weighted by Gasteiger charge is -2.22. The molecular formula is C21H29N5O. The average molecular weight is 367 g/mol. The van der Waals surface area contributed by atoms with Gasteiger partial charge in [0.2, 0.25) is 5.91 Å². The fourth-order valence-electron chi connectivity index (χ4n) is 3.54. The summed E-state index contributed by atoms with van der Waals surface area (Å²) in [5.41, 5.74) is 3.57. The van der Waals surface area contributed by atoms with E-state index in [4.69, 9.17) is 0 Å². The van der Waals surface area contributed by atoms with Crippen LogP contribution in [0, 0.1) is 0 Å². The van der Waals surface area contributed by atoms with Gasteiger partial charge in [-0.15, -0.1) is 0 Å². The molecule has 1 aliphatic rings. The Balaban J connectivity index is 1.44. The molecule has 1 N–H and O–H groups in total. The van der Waals surface area contributed by atoms with Gasteiger partial charge in [-0.3, -0.25) is 9.79 Å². The smallest absolute Gasteiger partial charge is 0.227 e. The molecule has 144 valence electrons. The Bertz CT molecular complexity index is 810. The second kappa shape index (κ2) is 8.75. The number of benzene rings is 1. The van der Waals surface area contributed by atoms with Gasteiger partial charge in [-0.05, 0) is 36.6 Å². The minimum Gasteiger partial charge on any atom is -0.356 e. The number of aryl methyl sites for hydroxylation is 1. The number of hydrogen-bond acceptors (Lipinski definition) is 2. The third-order valence-corrected chi connectivity index (χ3v) is 5.06. The van der Waals surface area contributed by atoms with Crippen molar-refractivity contribution in [3.05, 3.63) is 53.9 Å². The molecule has 1 aromatic heterocycles. The zero-order valence-corrected chi connectivity index (χ0v) is 16.5. The van der Waals surface area contributed by atoms with Gasteiger partial charge in [0.05, 0.1) is 6.54 Å². The van der Waals surface area contributed by atoms with Gasteiger partial charge in [-0.1, -0.05) is 18.2 Å². The highest BCUT2D eigenvalue weighted by atomic mass is 16.2. The van der Waals surface area contributed by atoms with Gasteiger partial charge in [-0.25, -0.2) is 0 Å². The molecule has 3 rings (SSSR count). The molecule has 0 saturated carbocycles. The highest BCUT2D eigenvalue weighted by Crippen LogP contribution is 2.27. The number of para-hydroxylation sites is 1. The van der Waals surface area contributed by atoms with Crippen LogP contribution in [0.4, 0.5) is 5.69 Å². The van der Waals surface area contributed by atoms with Crippen LogP contribution in [0.5, 0.6) is 0 Å². The highest BCUT2D eigenvalue weighted by Gasteiger charge is 2.23. The van der Waals surface area contributed by atoms with Gasteiger partial charge in [0.1, 0.15) is 0 Å². The molecule has 0 radical (unpaired) electrons. The number of rotatable bonds is 6. The van der Waals surface area contributed by atoms with Gasteiger partial charge in [0.25, 0.3) is 0 Å². The maximum absolute atomic E-state index is 12.6. The van der Waals surface area contributed by atoms with Gasteiger partial charge in [0.15, 0.2) is 5.96 Å². The zero-order valence-electron chi connectivity index (χ0n) is 16.5. The number of anilines is 1. The van der Waals surface area contributed by atoms with Crippen molar-refractivity contribution in [1.29, 1.82) is 0 Å². The molecule has 1 amide bonds. The quantitative estimate of drug-likeness (QED) is 0.485. The number of hydrogen-bond donors (Lipinski definition) is 1. The van der Waals surface area contributed by atoms with Crippen LogP contribution in [0.3, 0.4) is 0 Å². The summed E-state index contributed by atoms with van der Waals surface area (Å²) in [6, 6.07) is 12.3. The number of carbonyl (C=O) groups is 1. The molecule has 2 aromatic rings. The van der Waals surface area contributed by atoms with E-state index in [-0.39, 0.29) is 5.91 Å². The number of fused-ring (bicyclic) bond motifs is 1. The molecule has 1 aromatic carbocycles. The number of aromatic nitrogens is 1. The molecule has 0 saturated heterocycles. The second-order valence-electron chi connectivity index (χ2n) is 6.97. The molecule has 2 heterocycles. The van der Waals surface area contributed by atoms with Gasteiger partial charge >= 0.3 is 0 Å². The lowest BCUT2D eigenvalue weighted by molar-refractivity contribution is -0.118. The molecule has 0 unspecified atom stereocenters. The third kappa shape index (κ3) is 4.51. The zero-order chi connectivity index (χ0) is 19.2. The molecule has 0 aliphatic carbocycles. The van der Waals surface area contributed by atoms with Crippen molar-refractivity contribution < 1.29 is 4.79 Å². The standard InChI is InChI=1S/C21H29N5O/c1-22-21(25(3)16-18-9-7-14-24(18)2)23-13-6-11-20(27)26-15-12-17-8-4-5-10-19(17)26/h4-5,7-10,14H,6,11-13,15-16H2,1-3H3,(H,22,23). The fourth-order valence-corrected chi connectivity index (χ4v) is 3.54. The summed E-state index contributed by atoms with van der Waals surface area (Å²) in [4.78, 5) is 20.9. The summed E-state index contributed by atoms with van der Waals surface area (Å²) in [5, 5.41) is 3.36. The van der Waals surface area contributed by atoms with Crippen LogP contribution in [0.1, 0.15) is 24.1 Å². The van der Waals surface area contributed by atoms with Crippen LogP contribution in [-0.4, -0.2) is 48.5 Å². The van der Waals surface area contributed by atoms with Gasteiger partial charge < -0.3 is 19.7 Å². The lowest BCUT2D eigenvalue weighted by atomic mass is 10.2. The fraction of sp³-hybridized carbons (Fsp3) is 0.429. The Kier molecular flexibility index (Phi) is 6.16. The molecule has 0 spiro atoms. The molecule has 0 bridgehead atoms. The van der Waals surface area contributed by atoms with Crippen LogP contribution in [-0.2, 0) is 24.8 Å². The first-order valence-electron chi connectivity index (χ1n) is 9.50. The van der Waals surface area contributed by atoms with Crippen LogP contribution in [0.15, 0.2) is 47.6 Å². The normalized spacial score (nSPS) is 13.6. The van der Waals surface area contributed by atoms with Crippen molar-refractivity contribution in [3.63, 3.8) is 0 Å². The van der Waals surface area contributed by atoms with Crippen molar-refractivity contribution in [2.75, 3.05) is 32.1 Å². The largest absolute Gasteiger partial charge is 0.356 e. The monoisotopic (exact) mass is 367 g/mol. The molecule has 0 fully saturated rings.